The summed E-state index contributed by atoms with van der Waals surface area (Å²) in [5.41, 5.74) is 5.97. The van der Waals surface area contributed by atoms with Crippen molar-refractivity contribution in [1.29, 1.82) is 0 Å². The first kappa shape index (κ1) is 22.1. The molecule has 1 aliphatic heterocycles. The number of hydrogen-bond acceptors (Lipinski definition) is 8. The molecule has 3 aromatic rings. The number of anilines is 1. The van der Waals surface area contributed by atoms with Crippen molar-refractivity contribution < 1.29 is 18.8 Å². The maximum absolute atomic E-state index is 13.8. The van der Waals surface area contributed by atoms with Gasteiger partial charge in [-0.2, -0.15) is 0 Å². The summed E-state index contributed by atoms with van der Waals surface area (Å²) in [6, 6.07) is 11.9. The zero-order valence-electron chi connectivity index (χ0n) is 16.5. The fourth-order valence-corrected chi connectivity index (χ4v) is 4.77. The van der Waals surface area contributed by atoms with Crippen molar-refractivity contribution >= 4 is 56.2 Å². The largest absolute Gasteiger partial charge is 0.338 e. The van der Waals surface area contributed by atoms with Gasteiger partial charge in [0.2, 0.25) is 11.8 Å². The molecule has 0 radical (unpaired) electrons. The maximum Gasteiger partial charge on any atom is 0.254 e. The van der Waals surface area contributed by atoms with Crippen LogP contribution >= 0.6 is 23.1 Å². The summed E-state index contributed by atoms with van der Waals surface area (Å²) >= 11 is 2.50. The molecule has 4 rings (SSSR count). The van der Waals surface area contributed by atoms with E-state index in [9.17, 15) is 18.8 Å². The number of fused-ring (bicyclic) bond motifs is 1. The van der Waals surface area contributed by atoms with Crippen molar-refractivity contribution in [2.24, 2.45) is 5.73 Å². The summed E-state index contributed by atoms with van der Waals surface area (Å²) in [4.78, 5) is 41.3. The topological polar surface area (TPSA) is 138 Å². The van der Waals surface area contributed by atoms with Gasteiger partial charge in [0.05, 0.1) is 27.7 Å². The lowest BCUT2D eigenvalue weighted by molar-refractivity contribution is -0.125. The summed E-state index contributed by atoms with van der Waals surface area (Å²) in [5.74, 6) is -2.23. The van der Waals surface area contributed by atoms with Gasteiger partial charge >= 0.3 is 0 Å². The normalized spacial score (nSPS) is 20.6. The Kier molecular flexibility index (Phi) is 6.65. The lowest BCUT2D eigenvalue weighted by Crippen LogP contribution is -2.70. The SMILES string of the molecule is NC1NC(SCC(=O)Nc2nc3ccccc3s2)NC(=O)C1NC(=O)c1ccccc1F. The average Bonchev–Trinajstić information content (AvgIpc) is 3.17. The van der Waals surface area contributed by atoms with Gasteiger partial charge < -0.3 is 21.7 Å². The highest BCUT2D eigenvalue weighted by molar-refractivity contribution is 8.00. The van der Waals surface area contributed by atoms with E-state index in [4.69, 9.17) is 5.73 Å². The Hall–Kier alpha value is -3.06. The van der Waals surface area contributed by atoms with E-state index in [-0.39, 0.29) is 17.2 Å². The van der Waals surface area contributed by atoms with Gasteiger partial charge in [0, 0.05) is 0 Å². The highest BCUT2D eigenvalue weighted by Crippen LogP contribution is 2.25. The van der Waals surface area contributed by atoms with E-state index < -0.39 is 35.3 Å². The molecule has 0 spiro atoms. The van der Waals surface area contributed by atoms with Gasteiger partial charge in [-0.1, -0.05) is 35.6 Å². The molecule has 1 aliphatic rings. The standard InChI is InChI=1S/C20H19FN6O3S2/c21-11-6-2-1-5-10(11)17(29)25-15-16(22)26-19(27-18(15)30)31-9-14(28)24-20-23-12-7-3-4-8-13(12)32-20/h1-8,15-16,19,26H,9,22H2,(H,25,29)(H,27,30)(H,23,24,28). The Labute approximate surface area is 190 Å². The molecule has 1 fully saturated rings. The van der Waals surface area contributed by atoms with E-state index >= 15 is 0 Å². The number of nitrogens with zero attached hydrogens (tertiary/aromatic N) is 1. The van der Waals surface area contributed by atoms with Crippen molar-refractivity contribution in [2.75, 3.05) is 11.1 Å². The van der Waals surface area contributed by atoms with Crippen molar-refractivity contribution in [3.8, 4) is 0 Å². The van der Waals surface area contributed by atoms with E-state index in [1.54, 1.807) is 0 Å². The molecule has 2 aromatic carbocycles. The summed E-state index contributed by atoms with van der Waals surface area (Å²) in [5, 5.41) is 11.2. The van der Waals surface area contributed by atoms with Crippen LogP contribution in [0.25, 0.3) is 10.2 Å². The molecular weight excluding hydrogens is 455 g/mol. The predicted octanol–water partition coefficient (Wildman–Crippen LogP) is 1.19. The summed E-state index contributed by atoms with van der Waals surface area (Å²) < 4.78 is 14.8. The number of thiazole rings is 1. The molecule has 32 heavy (non-hydrogen) atoms. The van der Waals surface area contributed by atoms with Gasteiger partial charge in [0.1, 0.15) is 17.4 Å². The Morgan fingerprint density at radius 1 is 1.19 bits per heavy atom. The van der Waals surface area contributed by atoms with Crippen LogP contribution in [0.3, 0.4) is 0 Å². The maximum atomic E-state index is 13.8. The van der Waals surface area contributed by atoms with Gasteiger partial charge in [-0.3, -0.25) is 19.7 Å². The number of amides is 3. The molecule has 0 bridgehead atoms. The molecule has 1 saturated heterocycles. The van der Waals surface area contributed by atoms with E-state index in [0.717, 1.165) is 28.0 Å². The van der Waals surface area contributed by atoms with Gasteiger partial charge in [0.15, 0.2) is 5.13 Å². The Bertz CT molecular complexity index is 1140. The molecule has 2 heterocycles. The molecule has 12 heteroatoms. The number of carbonyl (C=O) groups is 3. The van der Waals surface area contributed by atoms with Crippen molar-refractivity contribution in [1.82, 2.24) is 20.9 Å². The van der Waals surface area contributed by atoms with E-state index in [1.165, 1.54) is 29.5 Å². The number of hydrogen-bond donors (Lipinski definition) is 5. The van der Waals surface area contributed by atoms with Crippen LogP contribution in [0.1, 0.15) is 10.4 Å². The zero-order chi connectivity index (χ0) is 22.7. The van der Waals surface area contributed by atoms with Gasteiger partial charge in [-0.25, -0.2) is 9.37 Å². The number of halogens is 1. The van der Waals surface area contributed by atoms with Gasteiger partial charge in [-0.15, -0.1) is 11.8 Å². The fraction of sp³-hybridized carbons (Fsp3) is 0.200. The lowest BCUT2D eigenvalue weighted by Gasteiger charge is -2.35. The van der Waals surface area contributed by atoms with Crippen LogP contribution in [0.4, 0.5) is 9.52 Å². The first-order valence-electron chi connectivity index (χ1n) is 9.55. The van der Waals surface area contributed by atoms with Crippen LogP contribution in [0.15, 0.2) is 48.5 Å². The number of nitrogens with one attached hydrogen (secondary N) is 4. The van der Waals surface area contributed by atoms with Crippen LogP contribution in [0.5, 0.6) is 0 Å². The highest BCUT2D eigenvalue weighted by Gasteiger charge is 2.35. The Balaban J connectivity index is 1.28. The van der Waals surface area contributed by atoms with Crippen LogP contribution in [-0.2, 0) is 9.59 Å². The minimum absolute atomic E-state index is 0.0346. The van der Waals surface area contributed by atoms with Crippen LogP contribution < -0.4 is 27.0 Å². The summed E-state index contributed by atoms with van der Waals surface area (Å²) in [7, 11) is 0. The van der Waals surface area contributed by atoms with Crippen LogP contribution in [0.2, 0.25) is 0 Å². The molecule has 3 unspecified atom stereocenters. The first-order chi connectivity index (χ1) is 15.4. The van der Waals surface area contributed by atoms with Crippen molar-refractivity contribution in [2.45, 2.75) is 17.7 Å². The highest BCUT2D eigenvalue weighted by atomic mass is 32.2. The fourth-order valence-electron chi connectivity index (χ4n) is 3.04. The van der Waals surface area contributed by atoms with E-state index in [1.807, 2.05) is 24.3 Å². The quantitative estimate of drug-likeness (QED) is 0.362. The molecule has 0 saturated carbocycles. The van der Waals surface area contributed by atoms with Crippen LogP contribution in [-0.4, -0.2) is 46.2 Å². The second-order valence-electron chi connectivity index (χ2n) is 6.86. The first-order valence-corrected chi connectivity index (χ1v) is 11.4. The van der Waals surface area contributed by atoms with Crippen molar-refractivity contribution in [3.05, 3.63) is 59.9 Å². The molecule has 166 valence electrons. The number of rotatable bonds is 6. The second kappa shape index (κ2) is 9.61. The molecular formula is C20H19FN6O3S2. The Morgan fingerprint density at radius 2 is 1.94 bits per heavy atom. The summed E-state index contributed by atoms with van der Waals surface area (Å²) in [6.07, 6.45) is -0.927. The number of nitrogens with two attached hydrogens (primary N) is 1. The number of para-hydroxylation sites is 1. The third-order valence-corrected chi connectivity index (χ3v) is 6.55. The van der Waals surface area contributed by atoms with Crippen molar-refractivity contribution in [3.63, 3.8) is 0 Å². The zero-order valence-corrected chi connectivity index (χ0v) is 18.1. The number of benzene rings is 2. The Morgan fingerprint density at radius 3 is 2.69 bits per heavy atom. The van der Waals surface area contributed by atoms with E-state index in [2.05, 4.69) is 26.3 Å². The minimum atomic E-state index is -1.10. The van der Waals surface area contributed by atoms with Gasteiger partial charge in [-0.05, 0) is 24.3 Å². The third kappa shape index (κ3) is 5.05. The molecule has 3 amide bonds. The van der Waals surface area contributed by atoms with E-state index in [0.29, 0.717) is 5.13 Å². The van der Waals surface area contributed by atoms with Gasteiger partial charge in [0.25, 0.3) is 5.91 Å². The van der Waals surface area contributed by atoms with Crippen LogP contribution in [0, 0.1) is 5.82 Å². The molecule has 0 aliphatic carbocycles. The molecule has 3 atom stereocenters. The summed E-state index contributed by atoms with van der Waals surface area (Å²) in [6.45, 7) is 0. The second-order valence-corrected chi connectivity index (χ2v) is 8.98. The average molecular weight is 475 g/mol. The smallest absolute Gasteiger partial charge is 0.254 e. The molecule has 1 aromatic heterocycles. The molecule has 9 nitrogen and oxygen atoms in total. The minimum Gasteiger partial charge on any atom is -0.338 e. The number of thioether (sulfide) groups is 1. The molecule has 6 N–H and O–H groups in total. The number of carbonyl (C=O) groups excluding carboxylic acids is 3. The monoisotopic (exact) mass is 474 g/mol. The number of aromatic nitrogens is 1. The third-order valence-electron chi connectivity index (χ3n) is 4.59. The predicted molar refractivity (Wildman–Crippen MR) is 121 cm³/mol. The lowest BCUT2D eigenvalue weighted by atomic mass is 10.1.